The summed E-state index contributed by atoms with van der Waals surface area (Å²) in [5.74, 6) is 0.816. The number of para-hydroxylation sites is 1. The van der Waals surface area contributed by atoms with Gasteiger partial charge in [0.15, 0.2) is 5.13 Å². The number of rotatable bonds is 8. The number of carbonyl (C=O) groups excluding carboxylic acids is 1. The molecule has 1 amide bonds. The Morgan fingerprint density at radius 2 is 1.88 bits per heavy atom. The molecule has 5 nitrogen and oxygen atoms in total. The zero-order valence-electron chi connectivity index (χ0n) is 14.6. The van der Waals surface area contributed by atoms with Crippen molar-refractivity contribution in [2.24, 2.45) is 0 Å². The van der Waals surface area contributed by atoms with Crippen LogP contribution in [-0.4, -0.2) is 24.5 Å². The summed E-state index contributed by atoms with van der Waals surface area (Å²) in [6, 6.07) is 17.7. The highest BCUT2D eigenvalue weighted by Gasteiger charge is 2.08. The zero-order chi connectivity index (χ0) is 18.2. The van der Waals surface area contributed by atoms with E-state index in [-0.39, 0.29) is 12.3 Å². The van der Waals surface area contributed by atoms with E-state index in [4.69, 9.17) is 4.74 Å². The van der Waals surface area contributed by atoms with Gasteiger partial charge in [-0.3, -0.25) is 4.79 Å². The van der Waals surface area contributed by atoms with Gasteiger partial charge in [0, 0.05) is 17.6 Å². The van der Waals surface area contributed by atoms with E-state index in [1.807, 2.05) is 60.0 Å². The van der Waals surface area contributed by atoms with Gasteiger partial charge in [-0.1, -0.05) is 30.3 Å². The van der Waals surface area contributed by atoms with Gasteiger partial charge in [-0.15, -0.1) is 11.3 Å². The lowest BCUT2D eigenvalue weighted by molar-refractivity contribution is -0.120. The highest BCUT2D eigenvalue weighted by Crippen LogP contribution is 2.20. The van der Waals surface area contributed by atoms with E-state index in [9.17, 15) is 4.79 Å². The topological polar surface area (TPSA) is 63.2 Å². The number of thiazole rings is 1. The molecule has 0 radical (unpaired) electrons. The van der Waals surface area contributed by atoms with E-state index in [2.05, 4.69) is 15.6 Å². The fraction of sp³-hybridized carbons (Fsp3) is 0.200. The van der Waals surface area contributed by atoms with Crippen molar-refractivity contribution in [3.05, 3.63) is 71.2 Å². The van der Waals surface area contributed by atoms with Crippen molar-refractivity contribution in [2.75, 3.05) is 19.0 Å². The van der Waals surface area contributed by atoms with E-state index >= 15 is 0 Å². The summed E-state index contributed by atoms with van der Waals surface area (Å²) < 4.78 is 5.14. The van der Waals surface area contributed by atoms with Crippen molar-refractivity contribution in [1.29, 1.82) is 0 Å². The number of anilines is 2. The average Bonchev–Trinajstić information content (AvgIpc) is 3.10. The second kappa shape index (κ2) is 9.01. The molecule has 134 valence electrons. The molecule has 3 rings (SSSR count). The van der Waals surface area contributed by atoms with E-state index in [1.165, 1.54) is 11.3 Å². The minimum atomic E-state index is -0.0185. The summed E-state index contributed by atoms with van der Waals surface area (Å²) in [4.78, 5) is 16.5. The minimum absolute atomic E-state index is 0.0185. The molecular weight excluding hydrogens is 346 g/mol. The van der Waals surface area contributed by atoms with Gasteiger partial charge >= 0.3 is 0 Å². The van der Waals surface area contributed by atoms with Crippen LogP contribution in [0.4, 0.5) is 10.8 Å². The number of hydrogen-bond acceptors (Lipinski definition) is 5. The Labute approximate surface area is 157 Å². The maximum Gasteiger partial charge on any atom is 0.226 e. The van der Waals surface area contributed by atoms with Crippen LogP contribution in [-0.2, 0) is 17.6 Å². The molecule has 0 aliphatic rings. The largest absolute Gasteiger partial charge is 0.497 e. The highest BCUT2D eigenvalue weighted by atomic mass is 32.1. The van der Waals surface area contributed by atoms with Gasteiger partial charge in [0.1, 0.15) is 5.75 Å². The second-order valence-corrected chi connectivity index (χ2v) is 6.62. The van der Waals surface area contributed by atoms with E-state index in [0.717, 1.165) is 34.2 Å². The van der Waals surface area contributed by atoms with Gasteiger partial charge in [-0.25, -0.2) is 4.98 Å². The molecule has 0 atom stereocenters. The summed E-state index contributed by atoms with van der Waals surface area (Å²) in [5, 5.41) is 8.88. The number of carbonyl (C=O) groups is 1. The fourth-order valence-corrected chi connectivity index (χ4v) is 3.19. The number of amides is 1. The van der Waals surface area contributed by atoms with Crippen molar-refractivity contribution in [3.63, 3.8) is 0 Å². The fourth-order valence-electron chi connectivity index (χ4n) is 2.46. The third-order valence-corrected chi connectivity index (χ3v) is 4.62. The van der Waals surface area contributed by atoms with Crippen LogP contribution in [0, 0.1) is 0 Å². The smallest absolute Gasteiger partial charge is 0.226 e. The molecule has 0 spiro atoms. The first-order valence-electron chi connectivity index (χ1n) is 8.39. The van der Waals surface area contributed by atoms with Crippen LogP contribution in [0.3, 0.4) is 0 Å². The van der Waals surface area contributed by atoms with Crippen LogP contribution in [0.25, 0.3) is 0 Å². The third kappa shape index (κ3) is 5.32. The predicted octanol–water partition coefficient (Wildman–Crippen LogP) is 3.80. The molecule has 0 saturated heterocycles. The van der Waals surface area contributed by atoms with Crippen LogP contribution in [0.15, 0.2) is 60.0 Å². The number of nitrogens with one attached hydrogen (secondary N) is 2. The van der Waals surface area contributed by atoms with Crippen molar-refractivity contribution in [1.82, 2.24) is 10.3 Å². The van der Waals surface area contributed by atoms with Crippen LogP contribution in [0.2, 0.25) is 0 Å². The minimum Gasteiger partial charge on any atom is -0.497 e. The molecule has 26 heavy (non-hydrogen) atoms. The zero-order valence-corrected chi connectivity index (χ0v) is 15.4. The van der Waals surface area contributed by atoms with E-state index in [1.54, 1.807) is 7.11 Å². The molecule has 0 aliphatic heterocycles. The maximum absolute atomic E-state index is 12.1. The normalized spacial score (nSPS) is 10.3. The monoisotopic (exact) mass is 367 g/mol. The van der Waals surface area contributed by atoms with Gasteiger partial charge in [-0.2, -0.15) is 0 Å². The van der Waals surface area contributed by atoms with Crippen LogP contribution < -0.4 is 15.4 Å². The van der Waals surface area contributed by atoms with E-state index < -0.39 is 0 Å². The number of aromatic nitrogens is 1. The standard InChI is InChI=1S/C20H21N3O2S/c1-25-18-9-7-15(8-10-18)11-12-21-19(24)13-17-14-26-20(23-17)22-16-5-3-2-4-6-16/h2-10,14H,11-13H2,1H3,(H,21,24)(H,22,23). The number of benzene rings is 2. The molecule has 0 saturated carbocycles. The predicted molar refractivity (Wildman–Crippen MR) is 105 cm³/mol. The van der Waals surface area contributed by atoms with Crippen LogP contribution in [0.5, 0.6) is 5.75 Å². The molecule has 0 bridgehead atoms. The number of ether oxygens (including phenoxy) is 1. The lowest BCUT2D eigenvalue weighted by Crippen LogP contribution is -2.27. The SMILES string of the molecule is COc1ccc(CCNC(=O)Cc2csc(Nc3ccccc3)n2)cc1. The summed E-state index contributed by atoms with van der Waals surface area (Å²) in [5.41, 5.74) is 2.92. The van der Waals surface area contributed by atoms with Gasteiger partial charge in [0.25, 0.3) is 0 Å². The molecule has 2 aromatic carbocycles. The number of hydrogen-bond donors (Lipinski definition) is 2. The Hall–Kier alpha value is -2.86. The highest BCUT2D eigenvalue weighted by molar-refractivity contribution is 7.13. The van der Waals surface area contributed by atoms with E-state index in [0.29, 0.717) is 6.54 Å². The summed E-state index contributed by atoms with van der Waals surface area (Å²) in [6.07, 6.45) is 1.07. The van der Waals surface area contributed by atoms with Crippen molar-refractivity contribution in [2.45, 2.75) is 12.8 Å². The molecule has 1 aromatic heterocycles. The molecule has 0 aliphatic carbocycles. The lowest BCUT2D eigenvalue weighted by atomic mass is 10.1. The molecular formula is C20H21N3O2S. The Kier molecular flexibility index (Phi) is 6.22. The van der Waals surface area contributed by atoms with Gasteiger partial charge < -0.3 is 15.4 Å². The van der Waals surface area contributed by atoms with Gasteiger partial charge in [-0.05, 0) is 36.2 Å². The molecule has 2 N–H and O–H groups in total. The number of methoxy groups -OCH3 is 1. The van der Waals surface area contributed by atoms with Crippen molar-refractivity contribution in [3.8, 4) is 5.75 Å². The molecule has 1 heterocycles. The lowest BCUT2D eigenvalue weighted by Gasteiger charge is -2.05. The first-order chi connectivity index (χ1) is 12.7. The Morgan fingerprint density at radius 3 is 2.62 bits per heavy atom. The summed E-state index contributed by atoms with van der Waals surface area (Å²) >= 11 is 1.50. The molecule has 0 fully saturated rings. The van der Waals surface area contributed by atoms with Crippen molar-refractivity contribution >= 4 is 28.1 Å². The Balaban J connectivity index is 1.43. The first-order valence-corrected chi connectivity index (χ1v) is 9.27. The van der Waals surface area contributed by atoms with Crippen LogP contribution >= 0.6 is 11.3 Å². The molecule has 0 unspecified atom stereocenters. The Bertz CT molecular complexity index is 832. The summed E-state index contributed by atoms with van der Waals surface area (Å²) in [7, 11) is 1.65. The second-order valence-electron chi connectivity index (χ2n) is 5.76. The number of nitrogens with zero attached hydrogens (tertiary/aromatic N) is 1. The first kappa shape index (κ1) is 17.9. The van der Waals surface area contributed by atoms with Gasteiger partial charge in [0.05, 0.1) is 19.2 Å². The molecule has 3 aromatic rings. The third-order valence-electron chi connectivity index (χ3n) is 3.81. The van der Waals surface area contributed by atoms with Gasteiger partial charge in [0.2, 0.25) is 5.91 Å². The maximum atomic E-state index is 12.1. The Morgan fingerprint density at radius 1 is 1.12 bits per heavy atom. The quantitative estimate of drug-likeness (QED) is 0.636. The van der Waals surface area contributed by atoms with Crippen molar-refractivity contribution < 1.29 is 9.53 Å². The summed E-state index contributed by atoms with van der Waals surface area (Å²) in [6.45, 7) is 0.602. The molecule has 6 heteroatoms. The van der Waals surface area contributed by atoms with Crippen LogP contribution in [0.1, 0.15) is 11.3 Å². The average molecular weight is 367 g/mol.